The highest BCUT2D eigenvalue weighted by atomic mass is 35.5. The Bertz CT molecular complexity index is 919. The summed E-state index contributed by atoms with van der Waals surface area (Å²) < 4.78 is 25.6. The van der Waals surface area contributed by atoms with E-state index in [-0.39, 0.29) is 15.6 Å². The molecule has 1 saturated heterocycles. The van der Waals surface area contributed by atoms with Crippen LogP contribution in [0.25, 0.3) is 0 Å². The Morgan fingerprint density at radius 2 is 1.58 bits per heavy atom. The lowest BCUT2D eigenvalue weighted by molar-refractivity contribution is 0.104. The maximum absolute atomic E-state index is 13.0. The fourth-order valence-electron chi connectivity index (χ4n) is 2.41. The predicted molar refractivity (Wildman–Crippen MR) is 105 cm³/mol. The fourth-order valence-corrected chi connectivity index (χ4v) is 5.52. The van der Waals surface area contributed by atoms with Crippen LogP contribution in [0.15, 0.2) is 70.2 Å². The molecule has 1 aliphatic heterocycles. The zero-order chi connectivity index (χ0) is 18.6. The number of nitrogens with one attached hydrogen (secondary N) is 2. The van der Waals surface area contributed by atoms with E-state index in [0.29, 0.717) is 40.3 Å². The van der Waals surface area contributed by atoms with Crippen LogP contribution in [-0.2, 0) is 8.87 Å². The fraction of sp³-hybridized carbons (Fsp3) is 0.167. The summed E-state index contributed by atoms with van der Waals surface area (Å²) in [6.07, 6.45) is 0.891. The van der Waals surface area contributed by atoms with Crippen LogP contribution in [0.3, 0.4) is 0 Å². The second-order valence-corrected chi connectivity index (χ2v) is 9.81. The zero-order valence-corrected chi connectivity index (χ0v) is 16.1. The van der Waals surface area contributed by atoms with E-state index >= 15 is 0 Å². The standard InChI is InChI=1S/C18H17ClN2O3S2/c19-14-9-7-13(8-10-14)16(22)17(18-20-11-4-12-21-18)25-26(23,24)15-5-2-1-3-6-15/h1-3,5-10,20-21H,4,11-12H2. The van der Waals surface area contributed by atoms with Crippen molar-refractivity contribution in [2.75, 3.05) is 13.1 Å². The second kappa shape index (κ2) is 8.16. The minimum Gasteiger partial charge on any atom is -0.371 e. The Morgan fingerprint density at radius 1 is 0.962 bits per heavy atom. The SMILES string of the molecule is O=C(C(SS(=O)(=O)c1ccccc1)=C1NCCCN1)c1ccc(Cl)cc1. The van der Waals surface area contributed by atoms with Crippen molar-refractivity contribution >= 4 is 37.0 Å². The highest BCUT2D eigenvalue weighted by Gasteiger charge is 2.27. The van der Waals surface area contributed by atoms with Gasteiger partial charge in [-0.25, -0.2) is 8.42 Å². The molecule has 0 saturated carbocycles. The van der Waals surface area contributed by atoms with Crippen LogP contribution < -0.4 is 10.6 Å². The third-order valence-electron chi connectivity index (χ3n) is 3.72. The predicted octanol–water partition coefficient (Wildman–Crippen LogP) is 3.40. The number of Topliss-reactive ketones (excluding diaryl/α,β-unsaturated/α-hetero) is 1. The maximum atomic E-state index is 13.0. The molecule has 26 heavy (non-hydrogen) atoms. The molecule has 2 aromatic rings. The average Bonchev–Trinajstić information content (AvgIpc) is 2.68. The van der Waals surface area contributed by atoms with Gasteiger partial charge in [0.2, 0.25) is 14.7 Å². The lowest BCUT2D eigenvalue weighted by Crippen LogP contribution is -2.37. The van der Waals surface area contributed by atoms with Gasteiger partial charge < -0.3 is 10.6 Å². The van der Waals surface area contributed by atoms with Gasteiger partial charge in [0.25, 0.3) is 0 Å². The molecule has 0 aromatic heterocycles. The van der Waals surface area contributed by atoms with Crippen molar-refractivity contribution < 1.29 is 13.2 Å². The van der Waals surface area contributed by atoms with E-state index in [0.717, 1.165) is 6.42 Å². The molecule has 136 valence electrons. The molecule has 2 aromatic carbocycles. The number of hydrogen-bond donors (Lipinski definition) is 2. The molecule has 0 amide bonds. The van der Waals surface area contributed by atoms with Crippen molar-refractivity contribution in [3.8, 4) is 0 Å². The summed E-state index contributed by atoms with van der Waals surface area (Å²) >= 11 is 5.88. The van der Waals surface area contributed by atoms with Gasteiger partial charge in [0.15, 0.2) is 0 Å². The number of halogens is 1. The van der Waals surface area contributed by atoms with E-state index in [9.17, 15) is 13.2 Å². The van der Waals surface area contributed by atoms with Crippen molar-refractivity contribution in [3.63, 3.8) is 0 Å². The highest BCUT2D eigenvalue weighted by Crippen LogP contribution is 2.33. The van der Waals surface area contributed by atoms with Crippen LogP contribution in [0.1, 0.15) is 16.8 Å². The molecule has 1 aliphatic rings. The number of allylic oxidation sites excluding steroid dienone is 1. The van der Waals surface area contributed by atoms with E-state index in [1.54, 1.807) is 42.5 Å². The number of rotatable bonds is 5. The number of carbonyl (C=O) groups is 1. The molecule has 0 aliphatic carbocycles. The summed E-state index contributed by atoms with van der Waals surface area (Å²) in [4.78, 5) is 13.3. The molecule has 0 radical (unpaired) electrons. The summed E-state index contributed by atoms with van der Waals surface area (Å²) in [5.41, 5.74) is 0.377. The smallest absolute Gasteiger partial charge is 0.234 e. The van der Waals surface area contributed by atoms with Gasteiger partial charge in [-0.2, -0.15) is 0 Å². The molecule has 1 fully saturated rings. The Kier molecular flexibility index (Phi) is 5.90. The molecule has 0 atom stereocenters. The molecular weight excluding hydrogens is 392 g/mol. The minimum atomic E-state index is -3.74. The van der Waals surface area contributed by atoms with E-state index in [1.807, 2.05) is 0 Å². The lowest BCUT2D eigenvalue weighted by Gasteiger charge is -2.22. The maximum Gasteiger partial charge on any atom is 0.234 e. The molecule has 3 rings (SSSR count). The van der Waals surface area contributed by atoms with Crippen molar-refractivity contribution in [1.29, 1.82) is 0 Å². The van der Waals surface area contributed by atoms with E-state index < -0.39 is 8.87 Å². The Labute approximate surface area is 161 Å². The first-order valence-electron chi connectivity index (χ1n) is 7.99. The average molecular weight is 409 g/mol. The quantitative estimate of drug-likeness (QED) is 0.448. The third kappa shape index (κ3) is 4.41. The molecule has 0 bridgehead atoms. The van der Waals surface area contributed by atoms with E-state index in [4.69, 9.17) is 11.6 Å². The first kappa shape index (κ1) is 18.8. The summed E-state index contributed by atoms with van der Waals surface area (Å²) in [6, 6.07) is 14.5. The molecule has 0 spiro atoms. The molecule has 5 nitrogen and oxygen atoms in total. The van der Waals surface area contributed by atoms with Gasteiger partial charge >= 0.3 is 0 Å². The third-order valence-corrected chi connectivity index (χ3v) is 7.33. The van der Waals surface area contributed by atoms with Gasteiger partial charge in [0.1, 0.15) is 10.7 Å². The van der Waals surface area contributed by atoms with Gasteiger partial charge in [-0.1, -0.05) is 29.8 Å². The van der Waals surface area contributed by atoms with E-state index in [1.165, 1.54) is 12.1 Å². The van der Waals surface area contributed by atoms with Crippen molar-refractivity contribution in [2.45, 2.75) is 11.3 Å². The first-order chi connectivity index (χ1) is 12.5. The summed E-state index contributed by atoms with van der Waals surface area (Å²) in [5.74, 6) is 0.0729. The molecule has 2 N–H and O–H groups in total. The molecule has 8 heteroatoms. The van der Waals surface area contributed by atoms with Crippen molar-refractivity contribution in [3.05, 3.63) is 75.9 Å². The Hall–Kier alpha value is -1.96. The molecule has 0 unspecified atom stereocenters. The van der Waals surface area contributed by atoms with Crippen LogP contribution in [-0.4, -0.2) is 27.3 Å². The number of ketones is 1. The highest BCUT2D eigenvalue weighted by molar-refractivity contribution is 8.73. The number of carbonyl (C=O) groups excluding carboxylic acids is 1. The summed E-state index contributed by atoms with van der Waals surface area (Å²) in [6.45, 7) is 1.34. The van der Waals surface area contributed by atoms with Gasteiger partial charge in [0.05, 0.1) is 4.90 Å². The van der Waals surface area contributed by atoms with Crippen LogP contribution >= 0.6 is 22.4 Å². The zero-order valence-electron chi connectivity index (χ0n) is 13.7. The molecule has 1 heterocycles. The Balaban J connectivity index is 1.99. The Morgan fingerprint density at radius 3 is 2.19 bits per heavy atom. The van der Waals surface area contributed by atoms with Gasteiger partial charge in [-0.3, -0.25) is 4.79 Å². The van der Waals surface area contributed by atoms with Crippen LogP contribution in [0, 0.1) is 0 Å². The van der Waals surface area contributed by atoms with Crippen LogP contribution in [0.2, 0.25) is 5.02 Å². The van der Waals surface area contributed by atoms with Gasteiger partial charge in [-0.05, 0) is 42.8 Å². The van der Waals surface area contributed by atoms with Gasteiger partial charge in [-0.15, -0.1) is 0 Å². The summed E-state index contributed by atoms with van der Waals surface area (Å²) in [7, 11) is -3.18. The van der Waals surface area contributed by atoms with E-state index in [2.05, 4.69) is 10.6 Å². The van der Waals surface area contributed by atoms with Crippen molar-refractivity contribution in [2.24, 2.45) is 0 Å². The minimum absolute atomic E-state index is 0.121. The van der Waals surface area contributed by atoms with Gasteiger partial charge in [0, 0.05) is 34.5 Å². The van der Waals surface area contributed by atoms with Crippen molar-refractivity contribution in [1.82, 2.24) is 10.6 Å². The molecular formula is C18H17ClN2O3S2. The summed E-state index contributed by atoms with van der Waals surface area (Å²) in [5, 5.41) is 6.69. The topological polar surface area (TPSA) is 75.3 Å². The normalized spacial score (nSPS) is 14.3. The van der Waals surface area contributed by atoms with Crippen LogP contribution in [0.5, 0.6) is 0 Å². The number of benzene rings is 2. The first-order valence-corrected chi connectivity index (χ1v) is 11.2. The number of hydrogen-bond acceptors (Lipinski definition) is 6. The monoisotopic (exact) mass is 408 g/mol. The van der Waals surface area contributed by atoms with Crippen LogP contribution in [0.4, 0.5) is 0 Å². The second-order valence-electron chi connectivity index (χ2n) is 5.60. The lowest BCUT2D eigenvalue weighted by atomic mass is 10.1. The largest absolute Gasteiger partial charge is 0.371 e.